The van der Waals surface area contributed by atoms with Crippen molar-refractivity contribution in [2.75, 3.05) is 41.8 Å². The molecule has 1 fully saturated rings. The molecular formula is C38H49FN6O9. The van der Waals surface area contributed by atoms with E-state index in [4.69, 9.17) is 23.7 Å². The Labute approximate surface area is 313 Å². The largest absolute Gasteiger partial charge is 0.474 e. The number of aromatic nitrogens is 2. The second kappa shape index (κ2) is 14.8. The standard InChI is InChI=1S/C38H49FN6O9/c1-20-18-44(34(48)53-37(6,7)8)19-26(20)51-32(46)42-27-15-22-14-23(28(39)29(25(22)17-40-27)43-33(47)52-36(3,4)5)24-16-41-31-30(21(24)2)45(12-13-50-31)35(49)54-38(9,10)11/h14-17,20,26H,12-13,18-19H2,1-11H3,(H,43,47)(H,40,42,46)/t20-,26-/m1/s1. The lowest BCUT2D eigenvalue weighted by molar-refractivity contribution is 0.0262. The molecule has 0 spiro atoms. The van der Waals surface area contributed by atoms with Crippen LogP contribution in [0.4, 0.5) is 40.8 Å². The number of pyridine rings is 2. The first-order chi connectivity index (χ1) is 25.0. The summed E-state index contributed by atoms with van der Waals surface area (Å²) in [6.45, 7) is 20.0. The van der Waals surface area contributed by atoms with E-state index in [9.17, 15) is 19.2 Å². The fourth-order valence-corrected chi connectivity index (χ4v) is 6.01. The lowest BCUT2D eigenvalue weighted by Gasteiger charge is -2.32. The van der Waals surface area contributed by atoms with E-state index in [0.29, 0.717) is 28.7 Å². The summed E-state index contributed by atoms with van der Waals surface area (Å²) in [5, 5.41) is 5.74. The zero-order chi connectivity index (χ0) is 39.9. The number of ether oxygens (including phenoxy) is 5. The van der Waals surface area contributed by atoms with Gasteiger partial charge in [-0.1, -0.05) is 6.92 Å². The maximum atomic E-state index is 16.7. The van der Waals surface area contributed by atoms with Gasteiger partial charge in [-0.15, -0.1) is 0 Å². The number of nitrogens with one attached hydrogen (secondary N) is 2. The Balaban J connectivity index is 1.50. The van der Waals surface area contributed by atoms with Crippen LogP contribution in [0.2, 0.25) is 0 Å². The molecule has 5 rings (SSSR count). The first-order valence-corrected chi connectivity index (χ1v) is 17.7. The molecule has 0 bridgehead atoms. The summed E-state index contributed by atoms with van der Waals surface area (Å²) < 4.78 is 44.7. The first kappa shape index (κ1) is 39.8. The van der Waals surface area contributed by atoms with E-state index in [0.717, 1.165) is 0 Å². The van der Waals surface area contributed by atoms with Crippen LogP contribution in [0.25, 0.3) is 21.9 Å². The number of hydrogen-bond donors (Lipinski definition) is 2. The molecule has 0 unspecified atom stereocenters. The number of benzene rings is 1. The molecule has 2 N–H and O–H groups in total. The van der Waals surface area contributed by atoms with E-state index in [1.807, 2.05) is 6.92 Å². The Morgan fingerprint density at radius 1 is 0.833 bits per heavy atom. The molecular weight excluding hydrogens is 703 g/mol. The minimum Gasteiger partial charge on any atom is -0.474 e. The lowest BCUT2D eigenvalue weighted by Crippen LogP contribution is -2.42. The third-order valence-corrected chi connectivity index (χ3v) is 8.27. The number of carbonyl (C=O) groups is 4. The summed E-state index contributed by atoms with van der Waals surface area (Å²) in [5.41, 5.74) is -1.44. The third kappa shape index (κ3) is 9.38. The first-order valence-electron chi connectivity index (χ1n) is 17.7. The molecule has 1 aromatic carbocycles. The molecule has 4 heterocycles. The minimum atomic E-state index is -0.901. The topological polar surface area (TPSA) is 171 Å². The van der Waals surface area contributed by atoms with Gasteiger partial charge in [0.2, 0.25) is 5.88 Å². The fraction of sp³-hybridized carbons (Fsp3) is 0.526. The van der Waals surface area contributed by atoms with E-state index in [2.05, 4.69) is 20.6 Å². The van der Waals surface area contributed by atoms with Gasteiger partial charge in [-0.3, -0.25) is 15.5 Å². The summed E-state index contributed by atoms with van der Waals surface area (Å²) >= 11 is 0. The average Bonchev–Trinajstić information content (AvgIpc) is 3.39. The van der Waals surface area contributed by atoms with Crippen LogP contribution in [-0.4, -0.2) is 88.4 Å². The van der Waals surface area contributed by atoms with Gasteiger partial charge in [0.15, 0.2) is 5.82 Å². The van der Waals surface area contributed by atoms with Crippen molar-refractivity contribution >= 4 is 52.3 Å². The Hall–Kier alpha value is -5.41. The van der Waals surface area contributed by atoms with Crippen molar-refractivity contribution in [3.63, 3.8) is 0 Å². The highest BCUT2D eigenvalue weighted by Crippen LogP contribution is 2.42. The number of hydrogen-bond acceptors (Lipinski definition) is 11. The zero-order valence-corrected chi connectivity index (χ0v) is 32.6. The third-order valence-electron chi connectivity index (χ3n) is 8.27. The van der Waals surface area contributed by atoms with Crippen molar-refractivity contribution in [1.82, 2.24) is 14.9 Å². The van der Waals surface area contributed by atoms with Gasteiger partial charge in [0, 0.05) is 41.4 Å². The van der Waals surface area contributed by atoms with Gasteiger partial charge in [0.1, 0.15) is 41.0 Å². The Morgan fingerprint density at radius 2 is 1.48 bits per heavy atom. The van der Waals surface area contributed by atoms with Gasteiger partial charge >= 0.3 is 24.4 Å². The number of halogens is 1. The van der Waals surface area contributed by atoms with Crippen LogP contribution in [0.5, 0.6) is 5.88 Å². The number of nitrogens with zero attached hydrogens (tertiary/aromatic N) is 4. The van der Waals surface area contributed by atoms with Gasteiger partial charge in [-0.25, -0.2) is 33.5 Å². The molecule has 3 aromatic rings. The molecule has 2 atom stereocenters. The van der Waals surface area contributed by atoms with Crippen LogP contribution in [0.3, 0.4) is 0 Å². The Morgan fingerprint density at radius 3 is 2.13 bits per heavy atom. The SMILES string of the molecule is Cc1c(-c2cc3cc(NC(=O)O[C@@H]4CN(C(=O)OC(C)(C)C)C[C@H]4C)ncc3c(NC(=O)OC(C)(C)C)c2F)cnc2c1N(C(=O)OC(C)(C)C)CCO2. The van der Waals surface area contributed by atoms with Gasteiger partial charge < -0.3 is 28.6 Å². The Kier molecular flexibility index (Phi) is 10.9. The number of likely N-dealkylation sites (tertiary alicyclic amines) is 1. The normalized spacial score (nSPS) is 17.3. The van der Waals surface area contributed by atoms with Crippen LogP contribution in [0, 0.1) is 18.7 Å². The minimum absolute atomic E-state index is 0.0258. The summed E-state index contributed by atoms with van der Waals surface area (Å²) in [7, 11) is 0. The van der Waals surface area contributed by atoms with E-state index in [1.165, 1.54) is 34.3 Å². The summed E-state index contributed by atoms with van der Waals surface area (Å²) in [5.74, 6) is -0.718. The quantitative estimate of drug-likeness (QED) is 0.247. The molecule has 2 aliphatic rings. The van der Waals surface area contributed by atoms with Crippen molar-refractivity contribution in [1.29, 1.82) is 0 Å². The summed E-state index contributed by atoms with van der Waals surface area (Å²) in [6, 6.07) is 3.03. The molecule has 54 heavy (non-hydrogen) atoms. The van der Waals surface area contributed by atoms with Gasteiger partial charge in [-0.05, 0) is 92.3 Å². The van der Waals surface area contributed by atoms with Gasteiger partial charge in [0.25, 0.3) is 0 Å². The van der Waals surface area contributed by atoms with Gasteiger partial charge in [-0.2, -0.15) is 0 Å². The van der Waals surface area contributed by atoms with Gasteiger partial charge in [0.05, 0.1) is 18.8 Å². The highest BCUT2D eigenvalue weighted by Gasteiger charge is 2.37. The van der Waals surface area contributed by atoms with Crippen LogP contribution < -0.4 is 20.3 Å². The maximum absolute atomic E-state index is 16.7. The van der Waals surface area contributed by atoms with Crippen LogP contribution in [0.15, 0.2) is 24.5 Å². The number of rotatable bonds is 4. The van der Waals surface area contributed by atoms with Crippen molar-refractivity contribution < 1.29 is 47.3 Å². The van der Waals surface area contributed by atoms with Crippen molar-refractivity contribution in [3.05, 3.63) is 35.9 Å². The lowest BCUT2D eigenvalue weighted by atomic mass is 9.96. The molecule has 0 saturated carbocycles. The highest BCUT2D eigenvalue weighted by molar-refractivity contribution is 6.05. The number of carbonyl (C=O) groups excluding carboxylic acids is 4. The van der Waals surface area contributed by atoms with Crippen molar-refractivity contribution in [2.24, 2.45) is 5.92 Å². The summed E-state index contributed by atoms with van der Waals surface area (Å²) in [4.78, 5) is 63.6. The van der Waals surface area contributed by atoms with E-state index < -0.39 is 53.1 Å². The number of fused-ring (bicyclic) bond motifs is 2. The molecule has 15 nitrogen and oxygen atoms in total. The van der Waals surface area contributed by atoms with E-state index >= 15 is 4.39 Å². The molecule has 2 aromatic heterocycles. The maximum Gasteiger partial charge on any atom is 0.415 e. The van der Waals surface area contributed by atoms with Crippen LogP contribution >= 0.6 is 0 Å². The molecule has 2 aliphatic heterocycles. The molecule has 0 radical (unpaired) electrons. The average molecular weight is 753 g/mol. The van der Waals surface area contributed by atoms with Crippen molar-refractivity contribution in [3.8, 4) is 17.0 Å². The van der Waals surface area contributed by atoms with Crippen LogP contribution in [-0.2, 0) is 18.9 Å². The van der Waals surface area contributed by atoms with Crippen LogP contribution in [0.1, 0.15) is 74.8 Å². The fourth-order valence-electron chi connectivity index (χ4n) is 6.01. The predicted octanol–water partition coefficient (Wildman–Crippen LogP) is 8.03. The second-order valence-electron chi connectivity index (χ2n) is 16.4. The van der Waals surface area contributed by atoms with Crippen molar-refractivity contribution in [2.45, 2.75) is 99.1 Å². The predicted molar refractivity (Wildman–Crippen MR) is 199 cm³/mol. The summed E-state index contributed by atoms with van der Waals surface area (Å²) in [6.07, 6.45) is -0.688. The molecule has 292 valence electrons. The molecule has 4 amide bonds. The number of anilines is 3. The molecule has 0 aliphatic carbocycles. The molecule has 1 saturated heterocycles. The monoisotopic (exact) mass is 752 g/mol. The molecule has 16 heteroatoms. The smallest absolute Gasteiger partial charge is 0.415 e. The Bertz CT molecular complexity index is 1970. The highest BCUT2D eigenvalue weighted by atomic mass is 19.1. The van der Waals surface area contributed by atoms with E-state index in [-0.39, 0.29) is 53.9 Å². The number of amides is 4. The van der Waals surface area contributed by atoms with E-state index in [1.54, 1.807) is 69.2 Å². The zero-order valence-electron chi connectivity index (χ0n) is 32.6. The second-order valence-corrected chi connectivity index (χ2v) is 16.4.